The Labute approximate surface area is 329 Å². The molecule has 1 saturated carbocycles. The topological polar surface area (TPSA) is 113 Å². The van der Waals surface area contributed by atoms with Gasteiger partial charge in [-0.05, 0) is 69.4 Å². The molecule has 2 aromatic heterocycles. The van der Waals surface area contributed by atoms with E-state index in [4.69, 9.17) is 19.2 Å². The standard InChI is InChI=1S/C36H51N5O4.C7H16N2O/c1-7-41-33-11-10-28(40-16-18-44-19-17-40)20-30(33)32(22-36(4,5)24-45-26(3)42)35(41)31-21-29(23-37-34(31)25(2)43-6)39-14-12-38(13-15-39)27-8-9-27;1-2-3-4-5-6-8-9-7-10/h10-11,20-21,23,25,27H,7-9,12-19,22,24H2,1-6H3;7-8H,2-6H2,1H3,(H,9,10). The Kier molecular flexibility index (Phi) is 15.8. The molecular formula is C43H67N7O5. The Hall–Kier alpha value is -3.71. The minimum atomic E-state index is -0.278. The monoisotopic (exact) mass is 762 g/mol. The highest BCUT2D eigenvalue weighted by molar-refractivity contribution is 5.95. The summed E-state index contributed by atoms with van der Waals surface area (Å²) in [7, 11) is 1.76. The summed E-state index contributed by atoms with van der Waals surface area (Å²) in [6.45, 7) is 21.9. The van der Waals surface area contributed by atoms with Crippen molar-refractivity contribution >= 4 is 34.7 Å². The Morgan fingerprint density at radius 1 is 1.02 bits per heavy atom. The van der Waals surface area contributed by atoms with Crippen LogP contribution in [-0.2, 0) is 36.8 Å². The number of morpholine rings is 1. The number of hydrogen-bond acceptors (Lipinski definition) is 10. The minimum absolute atomic E-state index is 0.171. The maximum absolute atomic E-state index is 11.8. The molecular weight excluding hydrogens is 695 g/mol. The number of anilines is 2. The molecule has 12 nitrogen and oxygen atoms in total. The van der Waals surface area contributed by atoms with E-state index in [1.54, 1.807) is 7.11 Å². The Bertz CT molecular complexity index is 1680. The van der Waals surface area contributed by atoms with Crippen LogP contribution in [0, 0.1) is 5.41 Å². The second-order valence-electron chi connectivity index (χ2n) is 16.0. The maximum atomic E-state index is 11.8. The summed E-state index contributed by atoms with van der Waals surface area (Å²) in [6, 6.07) is 10.1. The number of ether oxygens (including phenoxy) is 3. The van der Waals surface area contributed by atoms with Crippen molar-refractivity contribution < 1.29 is 23.8 Å². The molecule has 0 spiro atoms. The van der Waals surface area contributed by atoms with Crippen LogP contribution < -0.4 is 20.7 Å². The number of carbonyl (C=O) groups excluding carboxylic acids is 2. The molecule has 1 aliphatic carbocycles. The van der Waals surface area contributed by atoms with Crippen molar-refractivity contribution in [3.8, 4) is 11.3 Å². The van der Waals surface area contributed by atoms with Gasteiger partial charge in [-0.15, -0.1) is 0 Å². The van der Waals surface area contributed by atoms with Crippen LogP contribution in [0.5, 0.6) is 0 Å². The van der Waals surface area contributed by atoms with Crippen molar-refractivity contribution in [2.24, 2.45) is 5.41 Å². The van der Waals surface area contributed by atoms with Crippen LogP contribution in [-0.4, -0.2) is 106 Å². The number of pyridine rings is 1. The summed E-state index contributed by atoms with van der Waals surface area (Å²) in [5.74, 6) is -0.247. The van der Waals surface area contributed by atoms with Gasteiger partial charge in [0.05, 0.1) is 49.2 Å². The summed E-state index contributed by atoms with van der Waals surface area (Å²) in [5, 5.41) is 1.24. The first-order chi connectivity index (χ1) is 26.6. The summed E-state index contributed by atoms with van der Waals surface area (Å²) in [6.07, 6.45) is 10.9. The van der Waals surface area contributed by atoms with Gasteiger partial charge >= 0.3 is 5.97 Å². The number of aromatic nitrogens is 2. The van der Waals surface area contributed by atoms with Crippen molar-refractivity contribution in [2.45, 2.75) is 105 Å². The highest BCUT2D eigenvalue weighted by Crippen LogP contribution is 2.43. The van der Waals surface area contributed by atoms with Crippen LogP contribution in [0.25, 0.3) is 22.2 Å². The van der Waals surface area contributed by atoms with E-state index in [2.05, 4.69) is 89.0 Å². The fourth-order valence-corrected chi connectivity index (χ4v) is 7.87. The molecule has 1 aromatic carbocycles. The van der Waals surface area contributed by atoms with Crippen LogP contribution >= 0.6 is 0 Å². The van der Waals surface area contributed by atoms with Crippen LogP contribution in [0.15, 0.2) is 30.5 Å². The van der Waals surface area contributed by atoms with Gasteiger partial charge in [-0.3, -0.25) is 24.9 Å². The highest BCUT2D eigenvalue weighted by atomic mass is 16.5. The first kappa shape index (κ1) is 42.4. The van der Waals surface area contributed by atoms with Crippen molar-refractivity contribution in [1.29, 1.82) is 0 Å². The second kappa shape index (κ2) is 20.5. The number of esters is 1. The summed E-state index contributed by atoms with van der Waals surface area (Å²) in [5.41, 5.74) is 13.0. The van der Waals surface area contributed by atoms with E-state index in [0.717, 1.165) is 95.7 Å². The molecule has 0 bridgehead atoms. The number of rotatable bonds is 18. The van der Waals surface area contributed by atoms with E-state index in [1.807, 2.05) is 6.20 Å². The number of hydrogen-bond donors (Lipinski definition) is 2. The van der Waals surface area contributed by atoms with E-state index >= 15 is 0 Å². The fourth-order valence-electron chi connectivity index (χ4n) is 7.87. The van der Waals surface area contributed by atoms with Gasteiger partial charge in [-0.1, -0.05) is 40.0 Å². The second-order valence-corrected chi connectivity index (χ2v) is 16.0. The van der Waals surface area contributed by atoms with Crippen LogP contribution in [0.1, 0.15) is 97.4 Å². The van der Waals surface area contributed by atoms with Crippen molar-refractivity contribution in [2.75, 3.05) is 82.5 Å². The zero-order valence-electron chi connectivity index (χ0n) is 34.6. The Balaban J connectivity index is 0.000000511. The number of amides is 1. The van der Waals surface area contributed by atoms with E-state index in [9.17, 15) is 9.59 Å². The molecule has 2 saturated heterocycles. The molecule has 1 unspecified atom stereocenters. The first-order valence-corrected chi connectivity index (χ1v) is 20.7. The number of nitrogens with one attached hydrogen (secondary N) is 2. The third kappa shape index (κ3) is 11.4. The largest absolute Gasteiger partial charge is 0.465 e. The molecule has 4 heterocycles. The SMILES string of the molecule is CCCCCCNNC=O.CCn1c(-c2cc(N3CCN(C4CC4)CC3)cnc2C(C)OC)c(CC(C)(C)COC(C)=O)c2cc(N3CCOCC3)ccc21. The number of unbranched alkanes of at least 4 members (excludes halogenated alkanes) is 3. The third-order valence-electron chi connectivity index (χ3n) is 11.1. The molecule has 3 aliphatic rings. The number of carbonyl (C=O) groups is 2. The van der Waals surface area contributed by atoms with Crippen LogP contribution in [0.4, 0.5) is 11.4 Å². The Morgan fingerprint density at radius 3 is 2.38 bits per heavy atom. The fraction of sp³-hybridized carbons (Fsp3) is 0.651. The normalized spacial score (nSPS) is 17.1. The number of benzene rings is 1. The minimum Gasteiger partial charge on any atom is -0.465 e. The number of nitrogens with zero attached hydrogens (tertiary/aromatic N) is 5. The van der Waals surface area contributed by atoms with Crippen molar-refractivity contribution in [3.63, 3.8) is 0 Å². The average molecular weight is 762 g/mol. The molecule has 2 aliphatic heterocycles. The Morgan fingerprint density at radius 2 is 1.75 bits per heavy atom. The van der Waals surface area contributed by atoms with Gasteiger partial charge in [-0.2, -0.15) is 0 Å². The molecule has 12 heteroatoms. The zero-order valence-corrected chi connectivity index (χ0v) is 34.6. The van der Waals surface area contributed by atoms with Gasteiger partial charge in [-0.25, -0.2) is 5.43 Å². The van der Waals surface area contributed by atoms with E-state index in [1.165, 1.54) is 72.6 Å². The number of hydrazine groups is 1. The molecule has 3 fully saturated rings. The van der Waals surface area contributed by atoms with Gasteiger partial charge in [0.25, 0.3) is 0 Å². The van der Waals surface area contributed by atoms with E-state index in [0.29, 0.717) is 13.0 Å². The molecule has 6 rings (SSSR count). The van der Waals surface area contributed by atoms with Crippen molar-refractivity contribution in [3.05, 3.63) is 41.7 Å². The number of fused-ring (bicyclic) bond motifs is 1. The molecule has 1 atom stereocenters. The van der Waals surface area contributed by atoms with Crippen molar-refractivity contribution in [1.82, 2.24) is 25.3 Å². The molecule has 55 heavy (non-hydrogen) atoms. The summed E-state index contributed by atoms with van der Waals surface area (Å²) < 4.78 is 19.6. The quantitative estimate of drug-likeness (QED) is 0.0645. The molecule has 1 amide bonds. The number of aryl methyl sites for hydroxylation is 1. The predicted molar refractivity (Wildman–Crippen MR) is 222 cm³/mol. The lowest BCUT2D eigenvalue weighted by Gasteiger charge is -2.36. The lowest BCUT2D eigenvalue weighted by atomic mass is 9.84. The smallest absolute Gasteiger partial charge is 0.302 e. The van der Waals surface area contributed by atoms with Crippen LogP contribution in [0.2, 0.25) is 0 Å². The molecule has 0 radical (unpaired) electrons. The molecule has 3 aromatic rings. The van der Waals surface area contributed by atoms with E-state index < -0.39 is 0 Å². The number of piperazine rings is 1. The van der Waals surface area contributed by atoms with E-state index in [-0.39, 0.29) is 17.5 Å². The van der Waals surface area contributed by atoms with Gasteiger partial charge in [0, 0.05) is 100 Å². The number of methoxy groups -OCH3 is 1. The molecule has 2 N–H and O–H groups in total. The van der Waals surface area contributed by atoms with Gasteiger partial charge in [0.15, 0.2) is 0 Å². The lowest BCUT2D eigenvalue weighted by molar-refractivity contribution is -0.143. The lowest BCUT2D eigenvalue weighted by Crippen LogP contribution is -2.47. The predicted octanol–water partition coefficient (Wildman–Crippen LogP) is 6.50. The maximum Gasteiger partial charge on any atom is 0.302 e. The molecule has 304 valence electrons. The van der Waals surface area contributed by atoms with Gasteiger partial charge in [0.1, 0.15) is 0 Å². The zero-order chi connectivity index (χ0) is 39.4. The third-order valence-corrected chi connectivity index (χ3v) is 11.1. The van der Waals surface area contributed by atoms with Gasteiger partial charge in [0.2, 0.25) is 6.41 Å². The van der Waals surface area contributed by atoms with Crippen LogP contribution in [0.3, 0.4) is 0 Å². The summed E-state index contributed by atoms with van der Waals surface area (Å²) in [4.78, 5) is 34.2. The highest BCUT2D eigenvalue weighted by Gasteiger charge is 2.33. The first-order valence-electron chi connectivity index (χ1n) is 20.7. The van der Waals surface area contributed by atoms with Gasteiger partial charge < -0.3 is 28.6 Å². The summed E-state index contributed by atoms with van der Waals surface area (Å²) >= 11 is 0. The average Bonchev–Trinajstić information content (AvgIpc) is 4.02.